The number of carbonyl (C=O) groups excluding carboxylic acids is 1. The summed E-state index contributed by atoms with van der Waals surface area (Å²) in [7, 11) is 0. The Kier molecular flexibility index (Phi) is 4.39. The zero-order valence-electron chi connectivity index (χ0n) is 10.6. The number of benzene rings is 1. The molecule has 5 heteroatoms. The molecule has 19 heavy (non-hydrogen) atoms. The molecule has 1 heterocycles. The number of carboxylic acid groups (broad SMARTS) is 1. The molecule has 0 aromatic heterocycles. The van der Waals surface area contributed by atoms with Gasteiger partial charge < -0.3 is 15.2 Å². The van der Waals surface area contributed by atoms with Crippen LogP contribution in [0, 0.1) is 0 Å². The SMILES string of the molecule is O=C(O)CCCCOc1ccc2c(c1)CCC(=O)N2. The lowest BCUT2D eigenvalue weighted by Gasteiger charge is -2.17. The molecule has 0 aliphatic carbocycles. The van der Waals surface area contributed by atoms with Gasteiger partial charge in [0.2, 0.25) is 5.91 Å². The number of aliphatic carboxylic acids is 1. The summed E-state index contributed by atoms with van der Waals surface area (Å²) in [4.78, 5) is 21.6. The van der Waals surface area contributed by atoms with Crippen molar-refractivity contribution in [3.05, 3.63) is 23.8 Å². The first-order chi connectivity index (χ1) is 9.15. The standard InChI is InChI=1S/C14H17NO4/c16-13-7-4-10-9-11(5-6-12(10)15-13)19-8-2-1-3-14(17)18/h5-6,9H,1-4,7-8H2,(H,15,16)(H,17,18). The molecule has 0 spiro atoms. The number of hydrogen-bond acceptors (Lipinski definition) is 3. The molecule has 2 N–H and O–H groups in total. The molecule has 0 radical (unpaired) electrons. The highest BCUT2D eigenvalue weighted by molar-refractivity contribution is 5.93. The monoisotopic (exact) mass is 263 g/mol. The van der Waals surface area contributed by atoms with Gasteiger partial charge in [-0.3, -0.25) is 9.59 Å². The van der Waals surface area contributed by atoms with Crippen LogP contribution in [0.3, 0.4) is 0 Å². The number of aryl methyl sites for hydroxylation is 1. The van der Waals surface area contributed by atoms with Gasteiger partial charge in [0.15, 0.2) is 0 Å². The van der Waals surface area contributed by atoms with Crippen molar-refractivity contribution in [2.75, 3.05) is 11.9 Å². The quantitative estimate of drug-likeness (QED) is 0.771. The van der Waals surface area contributed by atoms with Crippen molar-refractivity contribution in [1.29, 1.82) is 0 Å². The first-order valence-electron chi connectivity index (χ1n) is 6.42. The third-order valence-corrected chi connectivity index (χ3v) is 3.03. The van der Waals surface area contributed by atoms with Crippen LogP contribution < -0.4 is 10.1 Å². The summed E-state index contributed by atoms with van der Waals surface area (Å²) < 4.78 is 5.58. The summed E-state index contributed by atoms with van der Waals surface area (Å²) in [5.41, 5.74) is 1.94. The van der Waals surface area contributed by atoms with Gasteiger partial charge in [-0.05, 0) is 43.0 Å². The number of amides is 1. The van der Waals surface area contributed by atoms with Gasteiger partial charge in [0.1, 0.15) is 5.75 Å². The summed E-state index contributed by atoms with van der Waals surface area (Å²) in [6.07, 6.45) is 2.77. The van der Waals surface area contributed by atoms with Crippen LogP contribution in [0.5, 0.6) is 5.75 Å². The third-order valence-electron chi connectivity index (χ3n) is 3.03. The minimum absolute atomic E-state index is 0.0508. The second kappa shape index (κ2) is 6.22. The molecule has 102 valence electrons. The van der Waals surface area contributed by atoms with Crippen LogP contribution in [0.4, 0.5) is 5.69 Å². The Hall–Kier alpha value is -2.04. The fraction of sp³-hybridized carbons (Fsp3) is 0.429. The molecule has 0 atom stereocenters. The van der Waals surface area contributed by atoms with Gasteiger partial charge in [-0.15, -0.1) is 0 Å². The summed E-state index contributed by atoms with van der Waals surface area (Å²) in [5, 5.41) is 11.3. The van der Waals surface area contributed by atoms with Crippen LogP contribution >= 0.6 is 0 Å². The van der Waals surface area contributed by atoms with Gasteiger partial charge in [0, 0.05) is 18.5 Å². The Morgan fingerprint density at radius 3 is 2.95 bits per heavy atom. The predicted molar refractivity (Wildman–Crippen MR) is 70.4 cm³/mol. The number of carboxylic acids is 1. The molecule has 1 amide bonds. The number of anilines is 1. The fourth-order valence-electron chi connectivity index (χ4n) is 2.02. The Morgan fingerprint density at radius 2 is 2.16 bits per heavy atom. The van der Waals surface area contributed by atoms with E-state index in [0.29, 0.717) is 19.4 Å². The number of carbonyl (C=O) groups is 2. The first-order valence-corrected chi connectivity index (χ1v) is 6.42. The van der Waals surface area contributed by atoms with Crippen molar-refractivity contribution < 1.29 is 19.4 Å². The fourth-order valence-corrected chi connectivity index (χ4v) is 2.02. The highest BCUT2D eigenvalue weighted by Crippen LogP contribution is 2.26. The van der Waals surface area contributed by atoms with Gasteiger partial charge in [-0.1, -0.05) is 0 Å². The minimum atomic E-state index is -0.774. The van der Waals surface area contributed by atoms with Crippen molar-refractivity contribution in [2.45, 2.75) is 32.1 Å². The molecular weight excluding hydrogens is 246 g/mol. The van der Waals surface area contributed by atoms with Gasteiger partial charge >= 0.3 is 5.97 Å². The minimum Gasteiger partial charge on any atom is -0.494 e. The normalized spacial score (nSPS) is 13.6. The van der Waals surface area contributed by atoms with E-state index >= 15 is 0 Å². The topological polar surface area (TPSA) is 75.6 Å². The van der Waals surface area contributed by atoms with E-state index in [1.807, 2.05) is 18.2 Å². The van der Waals surface area contributed by atoms with Crippen LogP contribution in [-0.2, 0) is 16.0 Å². The Balaban J connectivity index is 1.82. The molecule has 1 aliphatic heterocycles. The zero-order chi connectivity index (χ0) is 13.7. The molecule has 0 unspecified atom stereocenters. The average Bonchev–Trinajstić information content (AvgIpc) is 2.38. The maximum atomic E-state index is 11.2. The highest BCUT2D eigenvalue weighted by atomic mass is 16.5. The maximum absolute atomic E-state index is 11.2. The number of nitrogens with one attached hydrogen (secondary N) is 1. The second-order valence-corrected chi connectivity index (χ2v) is 4.57. The predicted octanol–water partition coefficient (Wildman–Crippen LogP) is 2.21. The number of fused-ring (bicyclic) bond motifs is 1. The molecule has 0 fully saturated rings. The van der Waals surface area contributed by atoms with Crippen LogP contribution in [0.2, 0.25) is 0 Å². The molecule has 0 saturated carbocycles. The van der Waals surface area contributed by atoms with E-state index in [4.69, 9.17) is 9.84 Å². The summed E-state index contributed by atoms with van der Waals surface area (Å²) in [5.74, 6) is 0.0459. The third kappa shape index (κ3) is 3.98. The van der Waals surface area contributed by atoms with Crippen molar-refractivity contribution in [3.8, 4) is 5.75 Å². The Morgan fingerprint density at radius 1 is 1.32 bits per heavy atom. The van der Waals surface area contributed by atoms with Gasteiger partial charge in [0.25, 0.3) is 0 Å². The Labute approximate surface area is 111 Å². The van der Waals surface area contributed by atoms with E-state index in [2.05, 4.69) is 5.32 Å². The van der Waals surface area contributed by atoms with Crippen LogP contribution in [0.15, 0.2) is 18.2 Å². The van der Waals surface area contributed by atoms with Crippen molar-refractivity contribution in [3.63, 3.8) is 0 Å². The van der Waals surface area contributed by atoms with E-state index in [1.54, 1.807) is 0 Å². The first kappa shape index (κ1) is 13.4. The van der Waals surface area contributed by atoms with E-state index in [-0.39, 0.29) is 12.3 Å². The average molecular weight is 263 g/mol. The maximum Gasteiger partial charge on any atom is 0.303 e. The van der Waals surface area contributed by atoms with Gasteiger partial charge in [0.05, 0.1) is 6.61 Å². The largest absolute Gasteiger partial charge is 0.494 e. The van der Waals surface area contributed by atoms with Crippen LogP contribution in [0.1, 0.15) is 31.2 Å². The number of hydrogen-bond donors (Lipinski definition) is 2. The number of ether oxygens (including phenoxy) is 1. The molecule has 1 aromatic rings. The number of rotatable bonds is 6. The molecule has 2 rings (SSSR count). The second-order valence-electron chi connectivity index (χ2n) is 4.57. The summed E-state index contributed by atoms with van der Waals surface area (Å²) >= 11 is 0. The van der Waals surface area contributed by atoms with Gasteiger partial charge in [-0.25, -0.2) is 0 Å². The lowest BCUT2D eigenvalue weighted by atomic mass is 10.0. The van der Waals surface area contributed by atoms with Crippen molar-refractivity contribution >= 4 is 17.6 Å². The lowest BCUT2D eigenvalue weighted by molar-refractivity contribution is -0.137. The van der Waals surface area contributed by atoms with Crippen LogP contribution in [-0.4, -0.2) is 23.6 Å². The van der Waals surface area contributed by atoms with Crippen molar-refractivity contribution in [1.82, 2.24) is 0 Å². The summed E-state index contributed by atoms with van der Waals surface area (Å²) in [6.45, 7) is 0.512. The molecule has 5 nitrogen and oxygen atoms in total. The molecule has 1 aliphatic rings. The zero-order valence-corrected chi connectivity index (χ0v) is 10.6. The summed E-state index contributed by atoms with van der Waals surface area (Å²) in [6, 6.07) is 5.60. The van der Waals surface area contributed by atoms with Gasteiger partial charge in [-0.2, -0.15) is 0 Å². The van der Waals surface area contributed by atoms with E-state index in [9.17, 15) is 9.59 Å². The smallest absolute Gasteiger partial charge is 0.303 e. The molecule has 1 aromatic carbocycles. The lowest BCUT2D eigenvalue weighted by Crippen LogP contribution is -2.18. The number of unbranched alkanes of at least 4 members (excludes halogenated alkanes) is 1. The highest BCUT2D eigenvalue weighted by Gasteiger charge is 2.14. The van der Waals surface area contributed by atoms with Crippen LogP contribution in [0.25, 0.3) is 0 Å². The molecular formula is C14H17NO4. The van der Waals surface area contributed by atoms with Crippen molar-refractivity contribution in [2.24, 2.45) is 0 Å². The molecule has 0 bridgehead atoms. The van der Waals surface area contributed by atoms with E-state index in [1.165, 1.54) is 0 Å². The molecule has 0 saturated heterocycles. The van der Waals surface area contributed by atoms with E-state index in [0.717, 1.165) is 29.8 Å². The van der Waals surface area contributed by atoms with E-state index < -0.39 is 5.97 Å². The Bertz CT molecular complexity index is 484.